The van der Waals surface area contributed by atoms with Gasteiger partial charge in [-0.15, -0.1) is 0 Å². The van der Waals surface area contributed by atoms with Gasteiger partial charge < -0.3 is 0 Å². The van der Waals surface area contributed by atoms with Crippen LogP contribution in [0.1, 0.15) is 73.1 Å². The quantitative estimate of drug-likeness (QED) is 0.312. The van der Waals surface area contributed by atoms with Crippen LogP contribution >= 0.6 is 0 Å². The summed E-state index contributed by atoms with van der Waals surface area (Å²) in [6.45, 7) is 17.7. The van der Waals surface area contributed by atoms with Crippen LogP contribution in [-0.4, -0.2) is 11.5 Å². The van der Waals surface area contributed by atoms with Crippen molar-refractivity contribution in [2.45, 2.75) is 91.8 Å². The maximum absolute atomic E-state index is 4.62. The van der Waals surface area contributed by atoms with Crippen LogP contribution in [0.25, 0.3) is 11.1 Å². The van der Waals surface area contributed by atoms with Crippen LogP contribution in [0, 0.1) is 23.2 Å². The Balaban J connectivity index is 0.000000195. The van der Waals surface area contributed by atoms with Crippen molar-refractivity contribution in [2.75, 3.05) is 0 Å². The largest absolute Gasteiger partial charge is 0.0622 e. The summed E-state index contributed by atoms with van der Waals surface area (Å²) >= 11 is -1.92. The summed E-state index contributed by atoms with van der Waals surface area (Å²) in [5.74, 6) is 2.22. The number of benzene rings is 2. The van der Waals surface area contributed by atoms with Gasteiger partial charge in [-0.25, -0.2) is 0 Å². The van der Waals surface area contributed by atoms with Crippen LogP contribution in [0.4, 0.5) is 0 Å². The van der Waals surface area contributed by atoms with E-state index in [1.807, 2.05) is 15.5 Å². The molecule has 4 saturated carbocycles. The molecule has 0 aliphatic heterocycles. The van der Waals surface area contributed by atoms with E-state index in [1.54, 1.807) is 23.1 Å². The number of rotatable bonds is 5. The monoisotopic (exact) mass is 678 g/mol. The molecule has 197 valence electrons. The average molecular weight is 677 g/mol. The molecule has 0 saturated heterocycles. The zero-order valence-corrected chi connectivity index (χ0v) is 29.1. The normalized spacial score (nSPS) is 32.2. The summed E-state index contributed by atoms with van der Waals surface area (Å²) in [6.07, 6.45) is 9.14. The third kappa shape index (κ3) is 5.66. The van der Waals surface area contributed by atoms with Crippen LogP contribution in [-0.2, 0) is 20.9 Å². The van der Waals surface area contributed by atoms with Gasteiger partial charge in [0.1, 0.15) is 0 Å². The molecule has 0 amide bonds. The molecule has 37 heavy (non-hydrogen) atoms. The predicted octanol–water partition coefficient (Wildman–Crippen LogP) is 9.07. The fourth-order valence-corrected chi connectivity index (χ4v) is 34.0. The fourth-order valence-electron chi connectivity index (χ4n) is 8.74. The number of nitrogens with one attached hydrogen (secondary N) is 1. The molecule has 4 fully saturated rings. The van der Waals surface area contributed by atoms with E-state index >= 15 is 0 Å². The summed E-state index contributed by atoms with van der Waals surface area (Å²) < 4.78 is 6.59. The van der Waals surface area contributed by atoms with E-state index in [4.69, 9.17) is 0 Å². The van der Waals surface area contributed by atoms with E-state index in [0.29, 0.717) is 11.0 Å². The van der Waals surface area contributed by atoms with E-state index in [2.05, 4.69) is 99.5 Å². The van der Waals surface area contributed by atoms with Crippen molar-refractivity contribution < 1.29 is 20.9 Å². The number of allylic oxidation sites excluding steroid dienone is 4. The predicted molar refractivity (Wildman–Crippen MR) is 160 cm³/mol. The Hall–Kier alpha value is -1.03. The van der Waals surface area contributed by atoms with Gasteiger partial charge in [0, 0.05) is 0 Å². The van der Waals surface area contributed by atoms with Crippen LogP contribution in [0.2, 0.25) is 13.1 Å². The van der Waals surface area contributed by atoms with Gasteiger partial charge in [0.05, 0.1) is 0 Å². The summed E-state index contributed by atoms with van der Waals surface area (Å²) in [4.78, 5) is 0. The smallest absolute Gasteiger partial charge is 0.0184 e. The minimum absolute atomic E-state index is 0.551. The Morgan fingerprint density at radius 2 is 1.30 bits per heavy atom. The Bertz CT molecular complexity index is 1110. The van der Waals surface area contributed by atoms with Gasteiger partial charge in [-0.2, -0.15) is 0 Å². The first-order chi connectivity index (χ1) is 17.6. The molecule has 7 rings (SSSR count). The van der Waals surface area contributed by atoms with Crippen molar-refractivity contribution in [3.8, 4) is 11.1 Å². The topological polar surface area (TPSA) is 12.0 Å². The van der Waals surface area contributed by atoms with Crippen LogP contribution in [0.15, 0.2) is 80.7 Å². The molecule has 1 nitrogen and oxygen atoms in total. The zero-order chi connectivity index (χ0) is 26.4. The summed E-state index contributed by atoms with van der Waals surface area (Å²) in [7, 11) is 0. The molecular weight excluding hydrogens is 629 g/mol. The van der Waals surface area contributed by atoms with Crippen LogP contribution in [0.3, 0.4) is 0 Å². The third-order valence-corrected chi connectivity index (χ3v) is 35.3. The van der Waals surface area contributed by atoms with Crippen LogP contribution < -0.4 is 3.30 Å². The molecule has 0 spiro atoms. The van der Waals surface area contributed by atoms with Gasteiger partial charge >= 0.3 is 165 Å². The van der Waals surface area contributed by atoms with Gasteiger partial charge in [0.25, 0.3) is 0 Å². The van der Waals surface area contributed by atoms with E-state index < -0.39 is 26.9 Å². The molecule has 4 bridgehead atoms. The van der Waals surface area contributed by atoms with E-state index in [-0.39, 0.29) is 0 Å². The molecular formula is C34H48HfNSi. The second-order valence-electron chi connectivity index (χ2n) is 13.5. The standard InChI is InChI=1S/C12H10.C11H18N.C9H13.C2H7Si.Hf/c1-3-7-11(8-4-1)12-9-5-2-6-10-12;1-10-3-8-2-9(4-10)6-11(12,5-8)7-10;1-6-5-7(2)9(4)8(6)3;1-3-2;/h1-10H;8-9,12H,2-7H2,1H3;6H,1-4H3;3H,1-2H3;/q;-1;;;+1. The second-order valence-corrected chi connectivity index (χ2v) is 38.8. The second kappa shape index (κ2) is 10.9. The fraction of sp³-hybridized carbons (Fsp3) is 0.529. The zero-order valence-electron chi connectivity index (χ0n) is 24.3. The minimum Gasteiger partial charge on any atom is -0.0622 e. The molecule has 0 radical (unpaired) electrons. The molecule has 3 heteroatoms. The van der Waals surface area contributed by atoms with Gasteiger partial charge in [0.2, 0.25) is 0 Å². The molecule has 1 N–H and O–H groups in total. The van der Waals surface area contributed by atoms with E-state index in [9.17, 15) is 0 Å². The maximum Gasteiger partial charge on any atom is -0.0184 e. The average Bonchev–Trinajstić information content (AvgIpc) is 3.05. The molecule has 3 atom stereocenters. The Labute approximate surface area is 235 Å². The van der Waals surface area contributed by atoms with Crippen molar-refractivity contribution in [3.63, 3.8) is 0 Å². The summed E-state index contributed by atoms with van der Waals surface area (Å²) in [5, 5.41) is 0. The third-order valence-electron chi connectivity index (χ3n) is 10.1. The van der Waals surface area contributed by atoms with Crippen molar-refractivity contribution in [2.24, 2.45) is 23.2 Å². The Kier molecular flexibility index (Phi) is 8.08. The van der Waals surface area contributed by atoms with Crippen molar-refractivity contribution in [1.29, 1.82) is 0 Å². The molecule has 5 aliphatic carbocycles. The first-order valence-electron chi connectivity index (χ1n) is 14.7. The van der Waals surface area contributed by atoms with Gasteiger partial charge in [-0.1, -0.05) is 60.7 Å². The van der Waals surface area contributed by atoms with E-state index in [0.717, 1.165) is 17.8 Å². The number of hydrogen-bond acceptors (Lipinski definition) is 1. The van der Waals surface area contributed by atoms with Crippen molar-refractivity contribution in [1.82, 2.24) is 3.30 Å². The molecule has 2 aromatic carbocycles. The van der Waals surface area contributed by atoms with Gasteiger partial charge in [-0.05, 0) is 11.1 Å². The molecule has 3 unspecified atom stereocenters. The Morgan fingerprint density at radius 1 is 0.784 bits per heavy atom. The van der Waals surface area contributed by atoms with Crippen LogP contribution in [0.5, 0.6) is 0 Å². The first kappa shape index (κ1) is 27.5. The van der Waals surface area contributed by atoms with E-state index in [1.165, 1.54) is 43.2 Å². The summed E-state index contributed by atoms with van der Waals surface area (Å²) in [5.41, 5.74) is 8.77. The SMILES string of the molecule is CC1=C(C)C(C)[C]([Hf]([NH]C23CC4CC(CC(C)(C4)C2)C3)[SiH](C)C)=C1C.c1ccc(-c2ccccc2)cc1. The molecule has 2 aromatic rings. The molecule has 5 aliphatic rings. The summed E-state index contributed by atoms with van der Waals surface area (Å²) in [6, 6.07) is 20.8. The number of hydrogen-bond donors (Lipinski definition) is 1. The van der Waals surface area contributed by atoms with Gasteiger partial charge in [-0.3, -0.25) is 0 Å². The van der Waals surface area contributed by atoms with Gasteiger partial charge in [0.15, 0.2) is 0 Å². The minimum atomic E-state index is -1.92. The first-order valence-corrected chi connectivity index (χ1v) is 27.4. The molecule has 0 heterocycles. The maximum atomic E-state index is 4.62. The van der Waals surface area contributed by atoms with Crippen molar-refractivity contribution in [3.05, 3.63) is 80.7 Å². The Morgan fingerprint density at radius 3 is 1.70 bits per heavy atom. The molecule has 0 aromatic heterocycles. The van der Waals surface area contributed by atoms with Crippen molar-refractivity contribution >= 4 is 5.98 Å².